The summed E-state index contributed by atoms with van der Waals surface area (Å²) < 4.78 is 50.5. The molecule has 424 valence electrons. The molecule has 76 heavy (non-hydrogen) atoms. The maximum atomic E-state index is 15.9. The van der Waals surface area contributed by atoms with Gasteiger partial charge in [-0.1, -0.05) is 358 Å². The van der Waals surface area contributed by atoms with Gasteiger partial charge in [-0.25, -0.2) is 4.44 Å². The van der Waals surface area contributed by atoms with Crippen molar-refractivity contribution in [2.24, 2.45) is 0 Å². The van der Waals surface area contributed by atoms with E-state index < -0.39 is 52.1 Å². The van der Waals surface area contributed by atoms with Crippen LogP contribution in [0.4, 0.5) is 13.2 Å². The summed E-state index contributed by atoms with van der Waals surface area (Å²) in [5.41, 5.74) is -0.457. The Labute approximate surface area is 471 Å². The smallest absolute Gasteiger partial charge is 0.242 e. The number of unbranched alkanes of at least 4 members (excludes halogenated alkanes) is 9. The van der Waals surface area contributed by atoms with E-state index in [9.17, 15) is 0 Å². The van der Waals surface area contributed by atoms with E-state index in [1.54, 1.807) is 16.4 Å². The van der Waals surface area contributed by atoms with E-state index in [1.807, 2.05) is 12.1 Å². The van der Waals surface area contributed by atoms with Crippen LogP contribution < -0.4 is 36.8 Å². The Morgan fingerprint density at radius 1 is 0.382 bits per heavy atom. The summed E-state index contributed by atoms with van der Waals surface area (Å²) in [6.45, 7) is 21.1. The van der Waals surface area contributed by atoms with Gasteiger partial charge in [0, 0.05) is 27.5 Å². The Morgan fingerprint density at radius 2 is 0.658 bits per heavy atom. The minimum absolute atomic E-state index is 0.165. The molecule has 4 aromatic carbocycles. The van der Waals surface area contributed by atoms with Gasteiger partial charge in [-0.3, -0.25) is 0 Å². The molecule has 9 heteroatoms. The van der Waals surface area contributed by atoms with Gasteiger partial charge < -0.3 is 0 Å². The highest BCUT2D eigenvalue weighted by Crippen LogP contribution is 2.59. The molecule has 1 nitrogen and oxygen atoms in total. The lowest BCUT2D eigenvalue weighted by molar-refractivity contribution is -0.136. The number of nitrogens with zero attached hydrogens (tertiary/aromatic N) is 1. The van der Waals surface area contributed by atoms with E-state index in [-0.39, 0.29) is 6.04 Å². The second-order valence-electron chi connectivity index (χ2n) is 23.7. The van der Waals surface area contributed by atoms with E-state index >= 15 is 13.2 Å². The van der Waals surface area contributed by atoms with Crippen molar-refractivity contribution in [3.05, 3.63) is 103 Å². The van der Waals surface area contributed by atoms with E-state index in [4.69, 9.17) is 0 Å². The van der Waals surface area contributed by atoms with Crippen LogP contribution in [0.3, 0.4) is 0 Å². The van der Waals surface area contributed by atoms with Crippen LogP contribution in [0.15, 0.2) is 97.1 Å². The lowest BCUT2D eigenvalue weighted by Crippen LogP contribution is -2.48. The van der Waals surface area contributed by atoms with Gasteiger partial charge >= 0.3 is 6.18 Å². The highest BCUT2D eigenvalue weighted by molar-refractivity contribution is 7.84. The summed E-state index contributed by atoms with van der Waals surface area (Å²) in [5.74, 6) is 0. The molecule has 1 aliphatic carbocycles. The molecule has 1 unspecified atom stereocenters. The lowest BCUT2D eigenvalue weighted by Gasteiger charge is -2.46. The number of hydrogen-bond donors (Lipinski definition) is 0. The predicted octanol–water partition coefficient (Wildman–Crippen LogP) is 19.9. The fourth-order valence-corrected chi connectivity index (χ4v) is 36.6. The zero-order valence-corrected chi connectivity index (χ0v) is 54.7. The fraction of sp³-hybridized carbons (Fsp3) is 0.642. The zero-order chi connectivity index (χ0) is 54.9. The normalized spacial score (nSPS) is 14.6. The average Bonchev–Trinajstić information content (AvgIpc) is 3.48. The Hall–Kier alpha value is -1.86. The minimum Gasteiger partial charge on any atom is -0.242 e. The zero-order valence-electron chi connectivity index (χ0n) is 49.9. The molecule has 0 aromatic heterocycles. The van der Waals surface area contributed by atoms with Crippen LogP contribution in [0.5, 0.6) is 0 Å². The van der Waals surface area contributed by atoms with Crippen LogP contribution in [0.1, 0.15) is 216 Å². The molecule has 0 saturated heterocycles. The van der Waals surface area contributed by atoms with Crippen LogP contribution in [0.2, 0.25) is 54.4 Å². The van der Waals surface area contributed by atoms with E-state index in [2.05, 4.69) is 140 Å². The van der Waals surface area contributed by atoms with Gasteiger partial charge in [0.25, 0.3) is 0 Å². The number of halogens is 3. The highest BCUT2D eigenvalue weighted by atomic mass is 31.2. The van der Waals surface area contributed by atoms with E-state index in [0.717, 1.165) is 31.0 Å². The van der Waals surface area contributed by atoms with E-state index in [0.29, 0.717) is 5.30 Å². The largest absolute Gasteiger partial charge is 0.417 e. The van der Waals surface area contributed by atoms with Crippen molar-refractivity contribution in [2.45, 2.75) is 277 Å². The predicted molar refractivity (Wildman–Crippen MR) is 345 cm³/mol. The van der Waals surface area contributed by atoms with Gasteiger partial charge in [-0.05, 0) is 34.8 Å². The Kier molecular flexibility index (Phi) is 28.9. The molecule has 1 aliphatic rings. The average molecular weight is 1130 g/mol. The van der Waals surface area contributed by atoms with Gasteiger partial charge in [0.05, 0.1) is 29.8 Å². The minimum atomic E-state index is -4.48. The molecule has 0 bridgehead atoms. The molecule has 0 spiro atoms. The summed E-state index contributed by atoms with van der Waals surface area (Å²) in [4.78, 5) is 0. The number of hydrogen-bond acceptors (Lipinski definition) is 1. The topological polar surface area (TPSA) is 3.24 Å². The van der Waals surface area contributed by atoms with Crippen molar-refractivity contribution >= 4 is 77.1 Å². The molecule has 0 aliphatic heterocycles. The fourth-order valence-electron chi connectivity index (χ4n) is 13.3. The first kappa shape index (κ1) is 65.0. The summed E-state index contributed by atoms with van der Waals surface area (Å²) in [7, 11) is -8.38. The second-order valence-corrected chi connectivity index (χ2v) is 42.0. The first-order valence-electron chi connectivity index (χ1n) is 31.8. The highest BCUT2D eigenvalue weighted by Gasteiger charge is 2.44. The quantitative estimate of drug-likeness (QED) is 0.0321. The standard InChI is InChI=1S/C67H108F3NP2Si3/c1-10-19-49-74(50-20-11-2,51-21-12-3)62-43-37-59(38-44-62)72(60-39-45-63(46-40-60)75(52-22-13-4,53-23-14-5)54-24-15-6)71(58-33-29-28-30-34-58)73(66-36-32-31-35-65(66)67(68,69)70)61-41-47-64(48-42-61)76(55-25-16-7,56-26-17-8)57-27-18-9/h31-32,35-48,58H,10-30,33-34,49-57H2,1-9H3. The van der Waals surface area contributed by atoms with Crippen molar-refractivity contribution in [3.8, 4) is 0 Å². The van der Waals surface area contributed by atoms with E-state index in [1.165, 1.54) is 198 Å². The Bertz CT molecular complexity index is 2030. The van der Waals surface area contributed by atoms with Crippen molar-refractivity contribution < 1.29 is 13.2 Å². The van der Waals surface area contributed by atoms with Crippen molar-refractivity contribution in [1.82, 2.24) is 4.44 Å². The van der Waals surface area contributed by atoms with Gasteiger partial charge in [-0.15, -0.1) is 0 Å². The molecule has 0 N–H and O–H groups in total. The van der Waals surface area contributed by atoms with Crippen LogP contribution in [0, 0.1) is 0 Å². The van der Waals surface area contributed by atoms with Gasteiger partial charge in [-0.2, -0.15) is 13.2 Å². The maximum Gasteiger partial charge on any atom is 0.417 e. The first-order chi connectivity index (χ1) is 36.9. The summed E-state index contributed by atoms with van der Waals surface area (Å²) in [6.07, 6.45) is 23.4. The van der Waals surface area contributed by atoms with Gasteiger partial charge in [0.15, 0.2) is 0 Å². The molecule has 0 amide bonds. The second kappa shape index (κ2) is 33.8. The van der Waals surface area contributed by atoms with Crippen molar-refractivity contribution in [2.75, 3.05) is 0 Å². The first-order valence-corrected chi connectivity index (χ1v) is 42.2. The molecule has 1 saturated carbocycles. The molecule has 1 atom stereocenters. The summed E-state index contributed by atoms with van der Waals surface area (Å²) in [5, 5.41) is 8.95. The molecular formula is C67H108F3NP2Si3. The lowest BCUT2D eigenvalue weighted by atomic mass is 9.96. The Balaban J connectivity index is 1.87. The van der Waals surface area contributed by atoms with Crippen LogP contribution in [-0.4, -0.2) is 34.7 Å². The molecular weight excluding hydrogens is 1020 g/mol. The maximum absolute atomic E-state index is 15.9. The van der Waals surface area contributed by atoms with Crippen molar-refractivity contribution in [3.63, 3.8) is 0 Å². The SMILES string of the molecule is CCCC[Si](CCCC)(CCCC)c1ccc(P(c2ccc([Si](CCCC)(CCCC)CCCC)cc2)N(C2CCCCC2)P(c2ccc([Si](CCCC)(CCCC)CCCC)cc2)c2ccccc2C(F)(F)F)cc1. The number of alkyl halides is 3. The summed E-state index contributed by atoms with van der Waals surface area (Å²) in [6, 6.07) is 48.9. The third-order valence-corrected chi connectivity index (χ3v) is 40.2. The van der Waals surface area contributed by atoms with Gasteiger partial charge in [0.2, 0.25) is 0 Å². The van der Waals surface area contributed by atoms with Crippen LogP contribution >= 0.6 is 16.1 Å². The third kappa shape index (κ3) is 17.6. The van der Waals surface area contributed by atoms with Crippen LogP contribution in [0.25, 0.3) is 0 Å². The Morgan fingerprint density at radius 3 is 0.934 bits per heavy atom. The van der Waals surface area contributed by atoms with Gasteiger partial charge in [0.1, 0.15) is 0 Å². The molecule has 5 rings (SSSR count). The molecule has 4 aromatic rings. The number of rotatable bonds is 37. The number of benzene rings is 4. The third-order valence-electron chi connectivity index (χ3n) is 18.0. The molecule has 0 radical (unpaired) electrons. The summed E-state index contributed by atoms with van der Waals surface area (Å²) >= 11 is 0. The molecule has 1 fully saturated rings. The monoisotopic (exact) mass is 1130 g/mol. The van der Waals surface area contributed by atoms with Crippen molar-refractivity contribution in [1.29, 1.82) is 0 Å². The molecule has 0 heterocycles. The van der Waals surface area contributed by atoms with Crippen LogP contribution in [-0.2, 0) is 6.18 Å².